The average molecular weight is 122 g/mol. The molecule has 1 aromatic carbocycles. The van der Waals surface area contributed by atoms with Crippen LogP contribution in [0.2, 0.25) is 0 Å². The molecule has 0 aromatic heterocycles. The maximum Gasteiger partial charge on any atom is 0.129 e. The van der Waals surface area contributed by atoms with E-state index in [0.29, 0.717) is 11.1 Å². The van der Waals surface area contributed by atoms with Crippen LogP contribution in [0.1, 0.15) is 11.1 Å². The molecule has 46 valence electrons. The van der Waals surface area contributed by atoms with Gasteiger partial charge in [-0.3, -0.25) is 0 Å². The van der Waals surface area contributed by atoms with Crippen LogP contribution in [0.25, 0.3) is 0 Å². The van der Waals surface area contributed by atoms with E-state index in [-0.39, 0.29) is 5.82 Å². The van der Waals surface area contributed by atoms with E-state index in [1.807, 2.05) is 0 Å². The number of rotatable bonds is 0. The van der Waals surface area contributed by atoms with Gasteiger partial charge in [-0.2, -0.15) is 0 Å². The summed E-state index contributed by atoms with van der Waals surface area (Å²) in [4.78, 5) is 0. The Hall–Kier alpha value is -0.850. The van der Waals surface area contributed by atoms with Crippen LogP contribution in [-0.2, 0) is 0 Å². The minimum atomic E-state index is -0.308. The number of benzene rings is 1. The molecule has 0 saturated heterocycles. The van der Waals surface area contributed by atoms with E-state index in [4.69, 9.17) is 0 Å². The van der Waals surface area contributed by atoms with Crippen molar-refractivity contribution in [3.63, 3.8) is 0 Å². The predicted molar refractivity (Wildman–Crippen MR) is 35.3 cm³/mol. The molecule has 1 heteroatoms. The summed E-state index contributed by atoms with van der Waals surface area (Å²) in [6, 6.07) is 4.96. The van der Waals surface area contributed by atoms with Crippen molar-refractivity contribution in [1.82, 2.24) is 0 Å². The first kappa shape index (κ1) is 6.27. The average Bonchev–Trinajstić information content (AvgIpc) is 1.83. The lowest BCUT2D eigenvalue weighted by Crippen LogP contribution is -1.84. The third kappa shape index (κ3) is 1.10. The van der Waals surface area contributed by atoms with Crippen LogP contribution >= 0.6 is 0 Å². The van der Waals surface area contributed by atoms with Crippen molar-refractivity contribution in [3.8, 4) is 0 Å². The summed E-state index contributed by atoms with van der Waals surface area (Å²) in [5.74, 6) is -0.308. The van der Waals surface area contributed by atoms with Gasteiger partial charge >= 0.3 is 0 Å². The van der Waals surface area contributed by atoms with Gasteiger partial charge < -0.3 is 0 Å². The molecule has 0 atom stereocenters. The Bertz CT molecular complexity index is 196. The van der Waals surface area contributed by atoms with Crippen LogP contribution in [-0.4, -0.2) is 0 Å². The fraction of sp³-hybridized carbons (Fsp3) is 0. The van der Waals surface area contributed by atoms with Crippen molar-refractivity contribution >= 4 is 0 Å². The minimum Gasteiger partial charge on any atom is -0.206 e. The summed E-state index contributed by atoms with van der Waals surface area (Å²) < 4.78 is 12.6. The van der Waals surface area contributed by atoms with Gasteiger partial charge in [-0.1, -0.05) is 18.2 Å². The molecule has 9 heavy (non-hydrogen) atoms. The zero-order valence-corrected chi connectivity index (χ0v) is 5.02. The third-order valence-electron chi connectivity index (χ3n) is 1.16. The predicted octanol–water partition coefficient (Wildman–Crippen LogP) is 2.19. The largest absolute Gasteiger partial charge is 0.206 e. The van der Waals surface area contributed by atoms with Gasteiger partial charge in [-0.05, 0) is 25.0 Å². The van der Waals surface area contributed by atoms with Crippen molar-refractivity contribution in [2.24, 2.45) is 0 Å². The zero-order chi connectivity index (χ0) is 6.85. The third-order valence-corrected chi connectivity index (χ3v) is 1.16. The molecule has 0 fully saturated rings. The molecule has 1 rings (SSSR count). The Morgan fingerprint density at radius 3 is 1.89 bits per heavy atom. The van der Waals surface area contributed by atoms with E-state index in [2.05, 4.69) is 13.8 Å². The van der Waals surface area contributed by atoms with E-state index < -0.39 is 0 Å². The topological polar surface area (TPSA) is 0 Å². The van der Waals surface area contributed by atoms with Gasteiger partial charge in [-0.25, -0.2) is 4.39 Å². The fourth-order valence-electron chi connectivity index (χ4n) is 0.633. The van der Waals surface area contributed by atoms with Crippen molar-refractivity contribution in [2.45, 2.75) is 0 Å². The molecule has 0 spiro atoms. The molecule has 0 aliphatic carbocycles. The quantitative estimate of drug-likeness (QED) is 0.494. The van der Waals surface area contributed by atoms with Gasteiger partial charge in [0.05, 0.1) is 0 Å². The molecular weight excluding hydrogens is 115 g/mol. The highest BCUT2D eigenvalue weighted by atomic mass is 19.1. The minimum absolute atomic E-state index is 0.308. The molecule has 0 bridgehead atoms. The zero-order valence-electron chi connectivity index (χ0n) is 5.02. The van der Waals surface area contributed by atoms with Crippen molar-refractivity contribution in [1.29, 1.82) is 0 Å². The van der Waals surface area contributed by atoms with E-state index >= 15 is 0 Å². The lowest BCUT2D eigenvalue weighted by Gasteiger charge is -1.96. The molecule has 0 unspecified atom stereocenters. The Balaban J connectivity index is 3.25. The molecule has 0 aliphatic heterocycles. The van der Waals surface area contributed by atoms with Gasteiger partial charge in [0, 0.05) is 0 Å². The van der Waals surface area contributed by atoms with E-state index in [0.717, 1.165) is 0 Å². The second-order valence-electron chi connectivity index (χ2n) is 1.89. The first-order valence-electron chi connectivity index (χ1n) is 2.64. The van der Waals surface area contributed by atoms with Gasteiger partial charge in [0.2, 0.25) is 0 Å². The lowest BCUT2D eigenvalue weighted by atomic mass is 10.1. The maximum absolute atomic E-state index is 12.6. The Morgan fingerprint density at radius 2 is 1.56 bits per heavy atom. The Morgan fingerprint density at radius 1 is 1.11 bits per heavy atom. The monoisotopic (exact) mass is 122 g/mol. The Labute approximate surface area is 54.3 Å². The molecule has 0 N–H and O–H groups in total. The number of hydrogen-bond acceptors (Lipinski definition) is 0. The molecule has 0 amide bonds. The van der Waals surface area contributed by atoms with E-state index in [1.54, 1.807) is 18.2 Å². The molecule has 0 saturated carbocycles. The number of hydrogen-bond donors (Lipinski definition) is 0. The Kier molecular flexibility index (Phi) is 1.52. The van der Waals surface area contributed by atoms with Crippen LogP contribution in [0.15, 0.2) is 18.2 Å². The second-order valence-corrected chi connectivity index (χ2v) is 1.89. The second kappa shape index (κ2) is 2.18. The van der Waals surface area contributed by atoms with Crippen molar-refractivity contribution < 1.29 is 4.39 Å². The molecule has 0 aliphatic rings. The lowest BCUT2D eigenvalue weighted by molar-refractivity contribution is 0.618. The molecular formula is C8H7F. The van der Waals surface area contributed by atoms with Gasteiger partial charge in [0.15, 0.2) is 0 Å². The first-order valence-corrected chi connectivity index (χ1v) is 2.64. The SMILES string of the molecule is [CH2]c1cccc([CH2])c1F. The summed E-state index contributed by atoms with van der Waals surface area (Å²) in [7, 11) is 0. The van der Waals surface area contributed by atoms with Crippen LogP contribution < -0.4 is 0 Å². The van der Waals surface area contributed by atoms with E-state index in [9.17, 15) is 4.39 Å². The summed E-state index contributed by atoms with van der Waals surface area (Å²) in [6.07, 6.45) is 0. The highest BCUT2D eigenvalue weighted by molar-refractivity contribution is 5.29. The molecule has 1 aromatic rings. The van der Waals surface area contributed by atoms with E-state index in [1.165, 1.54) is 0 Å². The van der Waals surface area contributed by atoms with Crippen molar-refractivity contribution in [2.75, 3.05) is 0 Å². The van der Waals surface area contributed by atoms with Crippen LogP contribution in [0.4, 0.5) is 4.39 Å². The van der Waals surface area contributed by atoms with Crippen LogP contribution in [0, 0.1) is 19.7 Å². The van der Waals surface area contributed by atoms with Crippen LogP contribution in [0.3, 0.4) is 0 Å². The standard InChI is InChI=1S/C8H7F/c1-6-4-3-5-7(2)8(6)9/h3-5H,1-2H2. The molecule has 0 heterocycles. The van der Waals surface area contributed by atoms with Gasteiger partial charge in [0.1, 0.15) is 5.82 Å². The first-order chi connectivity index (χ1) is 4.22. The number of halogens is 1. The van der Waals surface area contributed by atoms with Crippen molar-refractivity contribution in [3.05, 3.63) is 49.0 Å². The summed E-state index contributed by atoms with van der Waals surface area (Å²) in [5, 5.41) is 0. The summed E-state index contributed by atoms with van der Waals surface area (Å²) >= 11 is 0. The molecule has 0 nitrogen and oxygen atoms in total. The fourth-order valence-corrected chi connectivity index (χ4v) is 0.633. The summed E-state index contributed by atoms with van der Waals surface area (Å²) in [6.45, 7) is 6.93. The van der Waals surface area contributed by atoms with Gasteiger partial charge in [-0.15, -0.1) is 0 Å². The molecule has 2 radical (unpaired) electrons. The van der Waals surface area contributed by atoms with Crippen LogP contribution in [0.5, 0.6) is 0 Å². The normalized spacial score (nSPS) is 9.67. The summed E-state index contributed by atoms with van der Waals surface area (Å²) in [5.41, 5.74) is 0.810. The highest BCUT2D eigenvalue weighted by Crippen LogP contribution is 2.09. The van der Waals surface area contributed by atoms with Gasteiger partial charge in [0.25, 0.3) is 0 Å². The smallest absolute Gasteiger partial charge is 0.129 e. The highest BCUT2D eigenvalue weighted by Gasteiger charge is 1.96. The maximum atomic E-state index is 12.6.